The zero-order valence-corrected chi connectivity index (χ0v) is 11.5. The topological polar surface area (TPSA) is 110 Å². The Morgan fingerprint density at radius 3 is 3.05 bits per heavy atom. The lowest BCUT2D eigenvalue weighted by atomic mass is 10.1. The highest BCUT2D eigenvalue weighted by Gasteiger charge is 2.27. The van der Waals surface area contributed by atoms with Crippen molar-refractivity contribution in [3.05, 3.63) is 36.4 Å². The number of hydrogen-bond acceptors (Lipinski definition) is 6. The van der Waals surface area contributed by atoms with Gasteiger partial charge in [-0.05, 0) is 12.1 Å². The van der Waals surface area contributed by atoms with Crippen LogP contribution in [-0.2, 0) is 4.79 Å². The van der Waals surface area contributed by atoms with Crippen LogP contribution in [0.25, 0.3) is 11.2 Å². The molecule has 0 aliphatic carbocycles. The molecule has 0 saturated heterocycles. The van der Waals surface area contributed by atoms with E-state index in [-0.39, 0.29) is 5.91 Å². The number of nitrogens with zero attached hydrogens (tertiary/aromatic N) is 3. The van der Waals surface area contributed by atoms with E-state index in [4.69, 9.17) is 5.73 Å². The lowest BCUT2D eigenvalue weighted by Crippen LogP contribution is -2.19. The Bertz CT molecular complexity index is 861. The van der Waals surface area contributed by atoms with Crippen LogP contribution < -0.4 is 11.1 Å². The van der Waals surface area contributed by atoms with Crippen LogP contribution in [0.2, 0.25) is 0 Å². The maximum atomic E-state index is 11.6. The van der Waals surface area contributed by atoms with E-state index in [1.165, 1.54) is 18.1 Å². The van der Waals surface area contributed by atoms with Gasteiger partial charge in [-0.25, -0.2) is 15.0 Å². The highest BCUT2D eigenvalue weighted by molar-refractivity contribution is 7.99. The molecule has 0 fully saturated rings. The van der Waals surface area contributed by atoms with Crippen molar-refractivity contribution in [2.24, 2.45) is 5.73 Å². The van der Waals surface area contributed by atoms with E-state index in [2.05, 4.69) is 25.3 Å². The van der Waals surface area contributed by atoms with Crippen LogP contribution in [0.1, 0.15) is 11.6 Å². The number of benzene rings is 1. The van der Waals surface area contributed by atoms with Gasteiger partial charge < -0.3 is 16.0 Å². The first-order chi connectivity index (χ1) is 10.2. The molecule has 1 aromatic carbocycles. The molecule has 1 aliphatic heterocycles. The fourth-order valence-electron chi connectivity index (χ4n) is 2.26. The molecule has 1 amide bonds. The van der Waals surface area contributed by atoms with Crippen LogP contribution in [0.5, 0.6) is 0 Å². The molecule has 3 aromatic rings. The third-order valence-corrected chi connectivity index (χ3v) is 4.30. The maximum Gasteiger partial charge on any atom is 0.245 e. The normalized spacial score (nSPS) is 17.0. The smallest absolute Gasteiger partial charge is 0.245 e. The predicted molar refractivity (Wildman–Crippen MR) is 77.8 cm³/mol. The van der Waals surface area contributed by atoms with Crippen LogP contribution in [-0.4, -0.2) is 25.8 Å². The van der Waals surface area contributed by atoms with Crippen molar-refractivity contribution in [3.8, 4) is 0 Å². The molecule has 0 bridgehead atoms. The van der Waals surface area contributed by atoms with Gasteiger partial charge >= 0.3 is 0 Å². The van der Waals surface area contributed by atoms with Crippen LogP contribution in [0.4, 0.5) is 5.69 Å². The summed E-state index contributed by atoms with van der Waals surface area (Å²) in [6.45, 7) is 0. The number of nitrogens with two attached hydrogens (primary N) is 1. The Morgan fingerprint density at radius 2 is 2.14 bits per heavy atom. The zero-order chi connectivity index (χ0) is 14.4. The number of carbonyl (C=O) groups is 1. The van der Waals surface area contributed by atoms with Crippen LogP contribution in [0.15, 0.2) is 40.8 Å². The fraction of sp³-hybridized carbons (Fsp3) is 0.0769. The molecule has 0 saturated carbocycles. The summed E-state index contributed by atoms with van der Waals surface area (Å²) in [7, 11) is 0. The van der Waals surface area contributed by atoms with Crippen molar-refractivity contribution in [1.82, 2.24) is 19.9 Å². The number of nitrogens with one attached hydrogen (secondary N) is 2. The standard InChI is InChI=1S/C13H10N6OS/c14-9-7-2-1-6(3-8(7)19-12(9)20)21-13-10-11(16-4-15-10)17-5-18-13/h1-5,9H,14H2,(H,19,20)(H,15,16,17,18). The highest BCUT2D eigenvalue weighted by Crippen LogP contribution is 2.36. The summed E-state index contributed by atoms with van der Waals surface area (Å²) in [5.41, 5.74) is 8.80. The van der Waals surface area contributed by atoms with Crippen molar-refractivity contribution in [3.63, 3.8) is 0 Å². The number of H-pyrrole nitrogens is 1. The van der Waals surface area contributed by atoms with Crippen molar-refractivity contribution in [2.75, 3.05) is 5.32 Å². The second kappa shape index (κ2) is 4.54. The number of aromatic nitrogens is 4. The third-order valence-electron chi connectivity index (χ3n) is 3.30. The summed E-state index contributed by atoms with van der Waals surface area (Å²) in [6, 6.07) is 5.10. The number of fused-ring (bicyclic) bond motifs is 2. The Balaban J connectivity index is 1.71. The van der Waals surface area contributed by atoms with Crippen LogP contribution in [0, 0.1) is 0 Å². The lowest BCUT2D eigenvalue weighted by molar-refractivity contribution is -0.116. The van der Waals surface area contributed by atoms with Gasteiger partial charge in [0.2, 0.25) is 5.91 Å². The average Bonchev–Trinajstić information content (AvgIpc) is 3.05. The molecule has 7 nitrogen and oxygen atoms in total. The lowest BCUT2D eigenvalue weighted by Gasteiger charge is -2.05. The quantitative estimate of drug-likeness (QED) is 0.618. The molecular formula is C13H10N6OS. The molecule has 104 valence electrons. The number of carbonyl (C=O) groups excluding carboxylic acids is 1. The van der Waals surface area contributed by atoms with Gasteiger partial charge in [-0.3, -0.25) is 4.79 Å². The Labute approximate surface area is 123 Å². The van der Waals surface area contributed by atoms with Crippen LogP contribution in [0.3, 0.4) is 0 Å². The average molecular weight is 298 g/mol. The largest absolute Gasteiger partial charge is 0.341 e. The molecule has 21 heavy (non-hydrogen) atoms. The summed E-state index contributed by atoms with van der Waals surface area (Å²) in [6.07, 6.45) is 3.07. The minimum atomic E-state index is -0.586. The third kappa shape index (κ3) is 1.96. The number of amides is 1. The van der Waals surface area contributed by atoms with Gasteiger partial charge in [0.1, 0.15) is 22.9 Å². The van der Waals surface area contributed by atoms with Crippen molar-refractivity contribution >= 4 is 34.5 Å². The fourth-order valence-corrected chi connectivity index (χ4v) is 3.15. The molecule has 2 aromatic heterocycles. The van der Waals surface area contributed by atoms with Gasteiger partial charge in [-0.1, -0.05) is 17.8 Å². The molecule has 0 spiro atoms. The number of rotatable bonds is 2. The molecule has 8 heteroatoms. The van der Waals surface area contributed by atoms with Gasteiger partial charge in [-0.15, -0.1) is 0 Å². The van der Waals surface area contributed by atoms with Crippen LogP contribution >= 0.6 is 11.8 Å². The highest BCUT2D eigenvalue weighted by atomic mass is 32.2. The number of anilines is 1. The van der Waals surface area contributed by atoms with E-state index >= 15 is 0 Å². The van der Waals surface area contributed by atoms with E-state index < -0.39 is 6.04 Å². The summed E-state index contributed by atoms with van der Waals surface area (Å²) in [5, 5.41) is 3.56. The van der Waals surface area contributed by atoms with Gasteiger partial charge in [0.05, 0.1) is 6.33 Å². The molecule has 1 aliphatic rings. The molecule has 1 unspecified atom stereocenters. The Morgan fingerprint density at radius 1 is 1.24 bits per heavy atom. The first-order valence-corrected chi connectivity index (χ1v) is 7.06. The van der Waals surface area contributed by atoms with Crippen molar-refractivity contribution < 1.29 is 4.79 Å². The molecular weight excluding hydrogens is 288 g/mol. The summed E-state index contributed by atoms with van der Waals surface area (Å²) in [5.74, 6) is -0.176. The van der Waals surface area contributed by atoms with Crippen molar-refractivity contribution in [1.29, 1.82) is 0 Å². The Kier molecular flexibility index (Phi) is 2.66. The van der Waals surface area contributed by atoms with Gasteiger partial charge in [0.25, 0.3) is 0 Å². The number of aromatic amines is 1. The minimum absolute atomic E-state index is 0.176. The molecule has 3 heterocycles. The van der Waals surface area contributed by atoms with Crippen molar-refractivity contribution in [2.45, 2.75) is 16.0 Å². The van der Waals surface area contributed by atoms with Gasteiger partial charge in [0.15, 0.2) is 5.65 Å². The summed E-state index contributed by atoms with van der Waals surface area (Å²) >= 11 is 1.48. The van der Waals surface area contributed by atoms with E-state index in [0.717, 1.165) is 26.7 Å². The van der Waals surface area contributed by atoms with E-state index in [9.17, 15) is 4.79 Å². The second-order valence-electron chi connectivity index (χ2n) is 4.60. The predicted octanol–water partition coefficient (Wildman–Crippen LogP) is 1.46. The monoisotopic (exact) mass is 298 g/mol. The molecule has 4 N–H and O–H groups in total. The second-order valence-corrected chi connectivity index (χ2v) is 5.66. The van der Waals surface area contributed by atoms with E-state index in [1.54, 1.807) is 6.33 Å². The summed E-state index contributed by atoms with van der Waals surface area (Å²) in [4.78, 5) is 28.0. The molecule has 1 atom stereocenters. The molecule has 4 rings (SSSR count). The summed E-state index contributed by atoms with van der Waals surface area (Å²) < 4.78 is 0. The van der Waals surface area contributed by atoms with Gasteiger partial charge in [-0.2, -0.15) is 0 Å². The minimum Gasteiger partial charge on any atom is -0.341 e. The van der Waals surface area contributed by atoms with E-state index in [1.807, 2.05) is 18.2 Å². The van der Waals surface area contributed by atoms with Gasteiger partial charge in [0, 0.05) is 16.1 Å². The SMILES string of the molecule is NC1C(=O)Nc2cc(Sc3ncnc4nc[nH]c34)ccc21. The van der Waals surface area contributed by atoms with E-state index in [0.29, 0.717) is 5.65 Å². The molecule has 0 radical (unpaired) electrons. The number of hydrogen-bond donors (Lipinski definition) is 3. The number of imidazole rings is 1. The Hall–Kier alpha value is -2.45. The zero-order valence-electron chi connectivity index (χ0n) is 10.7. The first-order valence-electron chi connectivity index (χ1n) is 6.25. The maximum absolute atomic E-state index is 11.6. The first kappa shape index (κ1) is 12.3.